The number of esters is 2. The average Bonchev–Trinajstić information content (AvgIpc) is 2.66. The van der Waals surface area contributed by atoms with Crippen LogP contribution in [0.4, 0.5) is 18.9 Å². The third-order valence-electron chi connectivity index (χ3n) is 3.47. The lowest BCUT2D eigenvalue weighted by molar-refractivity contribution is -0.137. The lowest BCUT2D eigenvalue weighted by Gasteiger charge is -2.12. The number of rotatable bonds is 6. The first-order chi connectivity index (χ1) is 13.6. The van der Waals surface area contributed by atoms with E-state index in [1.807, 2.05) is 0 Å². The SMILES string of the molecule is COC(=O)c1cc(NC(=O)COc2ccc(C(F)(F)F)cc2)ccc1OC(C)=O. The molecule has 0 spiro atoms. The van der Waals surface area contributed by atoms with Crippen molar-refractivity contribution in [1.82, 2.24) is 0 Å². The van der Waals surface area contributed by atoms with Crippen LogP contribution >= 0.6 is 0 Å². The molecule has 0 bridgehead atoms. The molecule has 1 amide bonds. The summed E-state index contributed by atoms with van der Waals surface area (Å²) >= 11 is 0. The van der Waals surface area contributed by atoms with Crippen molar-refractivity contribution in [2.75, 3.05) is 19.0 Å². The van der Waals surface area contributed by atoms with Crippen LogP contribution in [-0.4, -0.2) is 31.6 Å². The van der Waals surface area contributed by atoms with Crippen LogP contribution in [0.25, 0.3) is 0 Å². The molecule has 154 valence electrons. The Hall–Kier alpha value is -3.56. The van der Waals surface area contributed by atoms with Crippen molar-refractivity contribution in [3.05, 3.63) is 53.6 Å². The van der Waals surface area contributed by atoms with Gasteiger partial charge in [0.05, 0.1) is 12.7 Å². The molecular weight excluding hydrogens is 395 g/mol. The molecule has 0 aliphatic rings. The molecule has 0 saturated carbocycles. The maximum Gasteiger partial charge on any atom is 0.416 e. The Morgan fingerprint density at radius 2 is 1.69 bits per heavy atom. The van der Waals surface area contributed by atoms with Gasteiger partial charge in [0.2, 0.25) is 0 Å². The maximum atomic E-state index is 12.5. The maximum absolute atomic E-state index is 12.5. The third-order valence-corrected chi connectivity index (χ3v) is 3.47. The van der Waals surface area contributed by atoms with Gasteiger partial charge in [0, 0.05) is 12.6 Å². The van der Waals surface area contributed by atoms with E-state index in [9.17, 15) is 27.6 Å². The molecular formula is C19H16F3NO6. The zero-order valence-electron chi connectivity index (χ0n) is 15.3. The van der Waals surface area contributed by atoms with E-state index in [2.05, 4.69) is 10.1 Å². The van der Waals surface area contributed by atoms with E-state index in [4.69, 9.17) is 9.47 Å². The number of methoxy groups -OCH3 is 1. The van der Waals surface area contributed by atoms with Gasteiger partial charge < -0.3 is 19.5 Å². The summed E-state index contributed by atoms with van der Waals surface area (Å²) in [6.07, 6.45) is -4.47. The van der Waals surface area contributed by atoms with Crippen LogP contribution in [0.2, 0.25) is 0 Å². The molecule has 0 fully saturated rings. The van der Waals surface area contributed by atoms with Crippen molar-refractivity contribution in [2.24, 2.45) is 0 Å². The van der Waals surface area contributed by atoms with Crippen LogP contribution in [0.5, 0.6) is 11.5 Å². The number of alkyl halides is 3. The van der Waals surface area contributed by atoms with Gasteiger partial charge in [-0.15, -0.1) is 0 Å². The molecule has 0 unspecified atom stereocenters. The predicted octanol–water partition coefficient (Wildman–Crippen LogP) is 3.43. The average molecular weight is 411 g/mol. The molecule has 0 radical (unpaired) electrons. The summed E-state index contributed by atoms with van der Waals surface area (Å²) in [5, 5.41) is 2.46. The zero-order valence-corrected chi connectivity index (χ0v) is 15.3. The summed E-state index contributed by atoms with van der Waals surface area (Å²) in [6.45, 7) is 0.681. The Labute approximate surface area is 163 Å². The Morgan fingerprint density at radius 3 is 2.24 bits per heavy atom. The smallest absolute Gasteiger partial charge is 0.416 e. The Morgan fingerprint density at radius 1 is 1.03 bits per heavy atom. The normalized spacial score (nSPS) is 10.8. The fraction of sp³-hybridized carbons (Fsp3) is 0.211. The summed E-state index contributed by atoms with van der Waals surface area (Å²) in [6, 6.07) is 7.81. The minimum Gasteiger partial charge on any atom is -0.484 e. The van der Waals surface area contributed by atoms with Gasteiger partial charge in [-0.2, -0.15) is 13.2 Å². The number of carbonyl (C=O) groups excluding carboxylic acids is 3. The van der Waals surface area contributed by atoms with E-state index in [-0.39, 0.29) is 22.7 Å². The van der Waals surface area contributed by atoms with Crippen molar-refractivity contribution in [3.63, 3.8) is 0 Å². The summed E-state index contributed by atoms with van der Waals surface area (Å²) in [5.41, 5.74) is -0.719. The van der Waals surface area contributed by atoms with Crippen LogP contribution in [-0.2, 0) is 20.5 Å². The number of nitrogens with one attached hydrogen (secondary N) is 1. The number of ether oxygens (including phenoxy) is 3. The lowest BCUT2D eigenvalue weighted by atomic mass is 10.1. The van der Waals surface area contributed by atoms with Crippen molar-refractivity contribution in [3.8, 4) is 11.5 Å². The van der Waals surface area contributed by atoms with E-state index < -0.39 is 36.2 Å². The number of benzene rings is 2. The third kappa shape index (κ3) is 6.23. The van der Waals surface area contributed by atoms with E-state index in [1.54, 1.807) is 0 Å². The standard InChI is InChI=1S/C19H16F3NO6/c1-11(24)29-16-8-5-13(9-15(16)18(26)27-2)23-17(25)10-28-14-6-3-12(4-7-14)19(20,21)22/h3-9H,10H2,1-2H3,(H,23,25). The molecule has 1 N–H and O–H groups in total. The van der Waals surface area contributed by atoms with E-state index in [1.165, 1.54) is 18.2 Å². The first kappa shape index (κ1) is 21.7. The summed E-state index contributed by atoms with van der Waals surface area (Å²) < 4.78 is 52.2. The Kier molecular flexibility index (Phi) is 6.81. The van der Waals surface area contributed by atoms with Crippen LogP contribution in [0, 0.1) is 0 Å². The molecule has 7 nitrogen and oxygen atoms in total. The second-order valence-corrected chi connectivity index (χ2v) is 5.66. The second-order valence-electron chi connectivity index (χ2n) is 5.66. The topological polar surface area (TPSA) is 90.9 Å². The molecule has 2 aromatic carbocycles. The lowest BCUT2D eigenvalue weighted by Crippen LogP contribution is -2.20. The van der Waals surface area contributed by atoms with Crippen LogP contribution in [0.15, 0.2) is 42.5 Å². The largest absolute Gasteiger partial charge is 0.484 e. The number of anilines is 1. The first-order valence-corrected chi connectivity index (χ1v) is 8.11. The molecule has 0 atom stereocenters. The van der Waals surface area contributed by atoms with Gasteiger partial charge in [-0.25, -0.2) is 4.79 Å². The zero-order chi connectivity index (χ0) is 21.6. The van der Waals surface area contributed by atoms with Gasteiger partial charge in [0.1, 0.15) is 17.1 Å². The second kappa shape index (κ2) is 9.09. The van der Waals surface area contributed by atoms with Gasteiger partial charge in [-0.3, -0.25) is 9.59 Å². The van der Waals surface area contributed by atoms with Crippen molar-refractivity contribution in [1.29, 1.82) is 0 Å². The summed E-state index contributed by atoms with van der Waals surface area (Å²) in [4.78, 5) is 35.0. The van der Waals surface area contributed by atoms with Gasteiger partial charge in [-0.1, -0.05) is 0 Å². The minimum atomic E-state index is -4.47. The van der Waals surface area contributed by atoms with Gasteiger partial charge in [0.15, 0.2) is 6.61 Å². The molecule has 0 aromatic heterocycles. The highest BCUT2D eigenvalue weighted by molar-refractivity contribution is 5.97. The molecule has 2 rings (SSSR count). The van der Waals surface area contributed by atoms with Crippen molar-refractivity contribution >= 4 is 23.5 Å². The molecule has 0 heterocycles. The first-order valence-electron chi connectivity index (χ1n) is 8.11. The van der Waals surface area contributed by atoms with Crippen molar-refractivity contribution in [2.45, 2.75) is 13.1 Å². The number of hydrogen-bond acceptors (Lipinski definition) is 6. The quantitative estimate of drug-likeness (QED) is 0.579. The molecule has 10 heteroatoms. The number of halogens is 3. The number of carbonyl (C=O) groups is 3. The molecule has 29 heavy (non-hydrogen) atoms. The molecule has 0 aliphatic heterocycles. The van der Waals surface area contributed by atoms with E-state index in [0.717, 1.165) is 38.3 Å². The Balaban J connectivity index is 2.03. The molecule has 0 aliphatic carbocycles. The fourth-order valence-electron chi connectivity index (χ4n) is 2.21. The van der Waals surface area contributed by atoms with E-state index in [0.29, 0.717) is 0 Å². The van der Waals surface area contributed by atoms with Gasteiger partial charge >= 0.3 is 18.1 Å². The monoisotopic (exact) mass is 411 g/mol. The predicted molar refractivity (Wildman–Crippen MR) is 94.7 cm³/mol. The highest BCUT2D eigenvalue weighted by atomic mass is 19.4. The van der Waals surface area contributed by atoms with E-state index >= 15 is 0 Å². The Bertz CT molecular complexity index is 909. The highest BCUT2D eigenvalue weighted by Gasteiger charge is 2.30. The molecule has 2 aromatic rings. The van der Waals surface area contributed by atoms with Crippen LogP contribution in [0.1, 0.15) is 22.8 Å². The van der Waals surface area contributed by atoms with Crippen LogP contribution in [0.3, 0.4) is 0 Å². The summed E-state index contributed by atoms with van der Waals surface area (Å²) in [5.74, 6) is -2.01. The summed E-state index contributed by atoms with van der Waals surface area (Å²) in [7, 11) is 1.14. The van der Waals surface area contributed by atoms with Crippen molar-refractivity contribution < 1.29 is 41.8 Å². The van der Waals surface area contributed by atoms with Crippen LogP contribution < -0.4 is 14.8 Å². The van der Waals surface area contributed by atoms with Gasteiger partial charge in [0.25, 0.3) is 5.91 Å². The fourth-order valence-corrected chi connectivity index (χ4v) is 2.21. The minimum absolute atomic E-state index is 0.0386. The highest BCUT2D eigenvalue weighted by Crippen LogP contribution is 2.30. The number of hydrogen-bond donors (Lipinski definition) is 1. The van der Waals surface area contributed by atoms with Gasteiger partial charge in [-0.05, 0) is 42.5 Å². The number of amides is 1. The molecule has 0 saturated heterocycles.